The number of hydrogen-bond donors (Lipinski definition) is 2. The third kappa shape index (κ3) is 4.27. The molecule has 0 heterocycles. The maximum absolute atomic E-state index is 13.5. The largest absolute Gasteiger partial charge is 0.353 e. The molecule has 1 aromatic rings. The Hall–Kier alpha value is -1.13. The number of halogens is 2. The lowest BCUT2D eigenvalue weighted by atomic mass is 10.2. The van der Waals surface area contributed by atoms with Crippen LogP contribution < -0.4 is 10.6 Å². The van der Waals surface area contributed by atoms with Gasteiger partial charge in [0.2, 0.25) is 5.91 Å². The van der Waals surface area contributed by atoms with Gasteiger partial charge in [0.15, 0.2) is 0 Å². The molecule has 1 rings (SSSR count). The molecule has 1 unspecified atom stereocenters. The Morgan fingerprint density at radius 1 is 1.39 bits per heavy atom. The predicted octanol–water partition coefficient (Wildman–Crippen LogP) is 2.48. The molecule has 1 amide bonds. The van der Waals surface area contributed by atoms with E-state index in [2.05, 4.69) is 10.6 Å². The molecule has 0 aromatic heterocycles. The van der Waals surface area contributed by atoms with E-state index >= 15 is 0 Å². The lowest BCUT2D eigenvalue weighted by Gasteiger charge is -2.16. The van der Waals surface area contributed by atoms with Crippen molar-refractivity contribution in [2.24, 2.45) is 0 Å². The molecule has 2 N–H and O–H groups in total. The van der Waals surface area contributed by atoms with E-state index in [1.807, 2.05) is 13.8 Å². The van der Waals surface area contributed by atoms with Crippen molar-refractivity contribution in [2.45, 2.75) is 39.4 Å². The molecular formula is C13H18ClFN2O. The van der Waals surface area contributed by atoms with Gasteiger partial charge in [0.05, 0.1) is 6.04 Å². The summed E-state index contributed by atoms with van der Waals surface area (Å²) >= 11 is 5.90. The van der Waals surface area contributed by atoms with Gasteiger partial charge in [-0.1, -0.05) is 17.7 Å². The number of hydrogen-bond acceptors (Lipinski definition) is 2. The summed E-state index contributed by atoms with van der Waals surface area (Å²) in [4.78, 5) is 11.6. The molecule has 100 valence electrons. The Bertz CT molecular complexity index is 403. The second-order valence-electron chi connectivity index (χ2n) is 4.47. The molecule has 1 atom stereocenters. The first-order chi connectivity index (χ1) is 8.41. The molecule has 5 heteroatoms. The smallest absolute Gasteiger partial charge is 0.237 e. The standard InChI is InChI=1S/C13H18ClFN2O/c1-8(2)17-13(18)9(3)16-7-10-11(14)5-4-6-12(10)15/h4-6,8-9,16H,7H2,1-3H3,(H,17,18). The third-order valence-electron chi connectivity index (χ3n) is 2.47. The summed E-state index contributed by atoms with van der Waals surface area (Å²) in [7, 11) is 0. The maximum Gasteiger partial charge on any atom is 0.237 e. The van der Waals surface area contributed by atoms with Crippen molar-refractivity contribution in [3.05, 3.63) is 34.6 Å². The van der Waals surface area contributed by atoms with E-state index < -0.39 is 6.04 Å². The molecular weight excluding hydrogens is 255 g/mol. The van der Waals surface area contributed by atoms with Crippen LogP contribution >= 0.6 is 11.6 Å². The fourth-order valence-electron chi connectivity index (χ4n) is 1.46. The maximum atomic E-state index is 13.5. The minimum atomic E-state index is -0.400. The highest BCUT2D eigenvalue weighted by Gasteiger charge is 2.14. The monoisotopic (exact) mass is 272 g/mol. The molecule has 0 fully saturated rings. The quantitative estimate of drug-likeness (QED) is 0.865. The molecule has 0 bridgehead atoms. The van der Waals surface area contributed by atoms with Crippen LogP contribution in [0.3, 0.4) is 0 Å². The van der Waals surface area contributed by atoms with Crippen LogP contribution in [0, 0.1) is 5.82 Å². The van der Waals surface area contributed by atoms with E-state index in [1.54, 1.807) is 19.1 Å². The molecule has 18 heavy (non-hydrogen) atoms. The van der Waals surface area contributed by atoms with Gasteiger partial charge in [0.25, 0.3) is 0 Å². The zero-order valence-corrected chi connectivity index (χ0v) is 11.5. The second-order valence-corrected chi connectivity index (χ2v) is 4.87. The first-order valence-corrected chi connectivity index (χ1v) is 6.26. The number of carbonyl (C=O) groups excluding carboxylic acids is 1. The summed E-state index contributed by atoms with van der Waals surface area (Å²) in [6, 6.07) is 4.21. The van der Waals surface area contributed by atoms with Crippen LogP contribution in [-0.4, -0.2) is 18.0 Å². The van der Waals surface area contributed by atoms with Gasteiger partial charge in [-0.25, -0.2) is 4.39 Å². The van der Waals surface area contributed by atoms with Crippen LogP contribution in [-0.2, 0) is 11.3 Å². The van der Waals surface area contributed by atoms with Crippen molar-refractivity contribution in [1.82, 2.24) is 10.6 Å². The van der Waals surface area contributed by atoms with E-state index in [0.717, 1.165) is 0 Å². The van der Waals surface area contributed by atoms with E-state index in [4.69, 9.17) is 11.6 Å². The second kappa shape index (κ2) is 6.71. The lowest BCUT2D eigenvalue weighted by Crippen LogP contribution is -2.44. The van der Waals surface area contributed by atoms with Gasteiger partial charge in [0.1, 0.15) is 5.82 Å². The van der Waals surface area contributed by atoms with E-state index in [9.17, 15) is 9.18 Å². The van der Waals surface area contributed by atoms with Gasteiger partial charge in [-0.3, -0.25) is 4.79 Å². The molecule has 0 aliphatic rings. The summed E-state index contributed by atoms with van der Waals surface area (Å²) < 4.78 is 13.5. The SMILES string of the molecule is CC(C)NC(=O)C(C)NCc1c(F)cccc1Cl. The Labute approximate surface area is 112 Å². The van der Waals surface area contributed by atoms with Crippen LogP contribution in [0.4, 0.5) is 4.39 Å². The summed E-state index contributed by atoms with van der Waals surface area (Å²) in [5, 5.41) is 6.09. The molecule has 0 radical (unpaired) electrons. The van der Waals surface area contributed by atoms with Crippen LogP contribution in [0.5, 0.6) is 0 Å². The highest BCUT2D eigenvalue weighted by Crippen LogP contribution is 2.18. The van der Waals surface area contributed by atoms with Crippen LogP contribution in [0.2, 0.25) is 5.02 Å². The van der Waals surface area contributed by atoms with E-state index in [0.29, 0.717) is 10.6 Å². The third-order valence-corrected chi connectivity index (χ3v) is 2.83. The van der Waals surface area contributed by atoms with E-state index in [-0.39, 0.29) is 24.3 Å². The average Bonchev–Trinajstić information content (AvgIpc) is 2.27. The van der Waals surface area contributed by atoms with Gasteiger partial charge in [-0.05, 0) is 32.9 Å². The molecule has 0 aliphatic heterocycles. The zero-order valence-electron chi connectivity index (χ0n) is 10.8. The van der Waals surface area contributed by atoms with Crippen LogP contribution in [0.25, 0.3) is 0 Å². The Morgan fingerprint density at radius 2 is 2.06 bits per heavy atom. The molecule has 0 aliphatic carbocycles. The fraction of sp³-hybridized carbons (Fsp3) is 0.462. The molecule has 3 nitrogen and oxygen atoms in total. The number of amides is 1. The van der Waals surface area contributed by atoms with Gasteiger partial charge in [-0.2, -0.15) is 0 Å². The summed E-state index contributed by atoms with van der Waals surface area (Å²) in [5.41, 5.74) is 0.378. The Kier molecular flexibility index (Phi) is 5.56. The lowest BCUT2D eigenvalue weighted by molar-refractivity contribution is -0.123. The predicted molar refractivity (Wildman–Crippen MR) is 71.0 cm³/mol. The summed E-state index contributed by atoms with van der Waals surface area (Å²) in [6.07, 6.45) is 0. The normalized spacial score (nSPS) is 12.6. The molecule has 0 saturated heterocycles. The van der Waals surface area contributed by atoms with Crippen molar-refractivity contribution in [3.8, 4) is 0 Å². The zero-order chi connectivity index (χ0) is 13.7. The highest BCUT2D eigenvalue weighted by atomic mass is 35.5. The van der Waals surface area contributed by atoms with Crippen molar-refractivity contribution >= 4 is 17.5 Å². The molecule has 0 saturated carbocycles. The van der Waals surface area contributed by atoms with Crippen LogP contribution in [0.15, 0.2) is 18.2 Å². The van der Waals surface area contributed by atoms with Gasteiger partial charge in [0, 0.05) is 23.2 Å². The fourth-order valence-corrected chi connectivity index (χ4v) is 1.69. The summed E-state index contributed by atoms with van der Waals surface area (Å²) in [6.45, 7) is 5.72. The first-order valence-electron chi connectivity index (χ1n) is 5.88. The topological polar surface area (TPSA) is 41.1 Å². The van der Waals surface area contributed by atoms with E-state index in [1.165, 1.54) is 6.07 Å². The van der Waals surface area contributed by atoms with Gasteiger partial charge in [-0.15, -0.1) is 0 Å². The minimum absolute atomic E-state index is 0.0822. The molecule has 0 spiro atoms. The Morgan fingerprint density at radius 3 is 2.61 bits per heavy atom. The number of carbonyl (C=O) groups is 1. The van der Waals surface area contributed by atoms with Crippen molar-refractivity contribution < 1.29 is 9.18 Å². The first kappa shape index (κ1) is 14.9. The van der Waals surface area contributed by atoms with Crippen molar-refractivity contribution in [2.75, 3.05) is 0 Å². The average molecular weight is 273 g/mol. The number of rotatable bonds is 5. The minimum Gasteiger partial charge on any atom is -0.353 e. The van der Waals surface area contributed by atoms with Crippen molar-refractivity contribution in [3.63, 3.8) is 0 Å². The Balaban J connectivity index is 2.57. The highest BCUT2D eigenvalue weighted by molar-refractivity contribution is 6.31. The van der Waals surface area contributed by atoms with Crippen molar-refractivity contribution in [1.29, 1.82) is 0 Å². The van der Waals surface area contributed by atoms with Gasteiger partial charge < -0.3 is 10.6 Å². The molecule has 1 aromatic carbocycles. The van der Waals surface area contributed by atoms with Gasteiger partial charge >= 0.3 is 0 Å². The van der Waals surface area contributed by atoms with Crippen LogP contribution in [0.1, 0.15) is 26.3 Å². The number of benzene rings is 1. The summed E-state index contributed by atoms with van der Waals surface area (Å²) in [5.74, 6) is -0.482. The number of nitrogens with one attached hydrogen (secondary N) is 2.